The van der Waals surface area contributed by atoms with Crippen molar-refractivity contribution in [2.24, 2.45) is 5.73 Å². The molecule has 0 bridgehead atoms. The van der Waals surface area contributed by atoms with Crippen molar-refractivity contribution in [3.8, 4) is 0 Å². The molecule has 0 aromatic heterocycles. The van der Waals surface area contributed by atoms with E-state index in [9.17, 15) is 4.79 Å². The van der Waals surface area contributed by atoms with Gasteiger partial charge < -0.3 is 15.2 Å². The maximum absolute atomic E-state index is 12.3. The van der Waals surface area contributed by atoms with E-state index in [1.807, 2.05) is 50.3 Å². The molecule has 1 aromatic carbocycles. The topological polar surface area (TPSA) is 64.8 Å². The van der Waals surface area contributed by atoms with Gasteiger partial charge in [0.25, 0.3) is 0 Å². The van der Waals surface area contributed by atoms with E-state index >= 15 is 0 Å². The molecule has 0 saturated heterocycles. The Kier molecular flexibility index (Phi) is 5.36. The fourth-order valence-corrected chi connectivity index (χ4v) is 2.26. The minimum absolute atomic E-state index is 0.171. The van der Waals surface area contributed by atoms with Crippen LogP contribution in [0, 0.1) is 0 Å². The average molecular weight is 290 g/mol. The van der Waals surface area contributed by atoms with Crippen LogP contribution in [0.25, 0.3) is 0 Å². The molecule has 1 aliphatic heterocycles. The molecule has 1 aliphatic rings. The van der Waals surface area contributed by atoms with Gasteiger partial charge in [-0.05, 0) is 25.5 Å². The van der Waals surface area contributed by atoms with Crippen LogP contribution in [-0.2, 0) is 16.1 Å². The third-order valence-corrected chi connectivity index (χ3v) is 3.52. The maximum Gasteiger partial charge on any atom is 0.412 e. The smallest absolute Gasteiger partial charge is 0.412 e. The summed E-state index contributed by atoms with van der Waals surface area (Å²) < 4.78 is 11.0. The summed E-state index contributed by atoms with van der Waals surface area (Å²) in [5.41, 5.74) is 6.93. The number of amides is 1. The van der Waals surface area contributed by atoms with Crippen LogP contribution >= 0.6 is 0 Å². The molecule has 21 heavy (non-hydrogen) atoms. The molecule has 1 heterocycles. The average Bonchev–Trinajstić information content (AvgIpc) is 2.50. The van der Waals surface area contributed by atoms with Gasteiger partial charge in [0.2, 0.25) is 0 Å². The van der Waals surface area contributed by atoms with Crippen molar-refractivity contribution in [2.75, 3.05) is 6.61 Å². The number of nitrogens with zero attached hydrogens (tertiary/aromatic N) is 1. The Bertz CT molecular complexity index is 490. The predicted octanol–water partition coefficient (Wildman–Crippen LogP) is 2.27. The third kappa shape index (κ3) is 3.83. The predicted molar refractivity (Wildman–Crippen MR) is 80.5 cm³/mol. The van der Waals surface area contributed by atoms with Gasteiger partial charge in [0.15, 0.2) is 6.23 Å². The van der Waals surface area contributed by atoms with E-state index in [0.717, 1.165) is 5.56 Å². The van der Waals surface area contributed by atoms with Gasteiger partial charge in [0.05, 0.1) is 6.04 Å². The van der Waals surface area contributed by atoms with E-state index in [-0.39, 0.29) is 18.7 Å². The number of hydrogen-bond donors (Lipinski definition) is 1. The van der Waals surface area contributed by atoms with Crippen molar-refractivity contribution in [3.05, 3.63) is 48.0 Å². The molecule has 2 rings (SSSR count). The van der Waals surface area contributed by atoms with E-state index in [1.165, 1.54) is 0 Å². The lowest BCUT2D eigenvalue weighted by Gasteiger charge is -2.38. The molecule has 0 spiro atoms. The molecule has 0 fully saturated rings. The number of hydrogen-bond acceptors (Lipinski definition) is 4. The SMILES string of the molecule is CCO[C@H]1C=C[C@@H](N)[C@@H](C)N1C(=O)OCc1ccccc1. The number of carbonyl (C=O) groups is 1. The third-order valence-electron chi connectivity index (χ3n) is 3.52. The quantitative estimate of drug-likeness (QED) is 0.864. The molecule has 2 N–H and O–H groups in total. The summed E-state index contributed by atoms with van der Waals surface area (Å²) in [4.78, 5) is 13.9. The van der Waals surface area contributed by atoms with Crippen LogP contribution in [0.1, 0.15) is 19.4 Å². The number of carbonyl (C=O) groups excluding carboxylic acids is 1. The van der Waals surface area contributed by atoms with Crippen LogP contribution in [0.5, 0.6) is 0 Å². The van der Waals surface area contributed by atoms with Gasteiger partial charge in [-0.2, -0.15) is 0 Å². The first kappa shape index (κ1) is 15.5. The van der Waals surface area contributed by atoms with E-state index in [2.05, 4.69) is 0 Å². The van der Waals surface area contributed by atoms with E-state index < -0.39 is 12.3 Å². The lowest BCUT2D eigenvalue weighted by Crippen LogP contribution is -2.55. The van der Waals surface area contributed by atoms with Crippen LogP contribution in [0.3, 0.4) is 0 Å². The summed E-state index contributed by atoms with van der Waals surface area (Å²) in [6, 6.07) is 9.19. The first-order valence-electron chi connectivity index (χ1n) is 7.18. The van der Waals surface area contributed by atoms with E-state index in [4.69, 9.17) is 15.2 Å². The molecule has 0 radical (unpaired) electrons. The first-order valence-corrected chi connectivity index (χ1v) is 7.18. The highest BCUT2D eigenvalue weighted by molar-refractivity contribution is 5.69. The lowest BCUT2D eigenvalue weighted by molar-refractivity contribution is -0.0451. The van der Waals surface area contributed by atoms with Gasteiger partial charge in [-0.3, -0.25) is 4.90 Å². The highest BCUT2D eigenvalue weighted by Gasteiger charge is 2.34. The number of nitrogens with two attached hydrogens (primary N) is 1. The molecule has 3 atom stereocenters. The Balaban J connectivity index is 2.02. The molecule has 0 saturated carbocycles. The highest BCUT2D eigenvalue weighted by atomic mass is 16.6. The van der Waals surface area contributed by atoms with Crippen LogP contribution in [0.4, 0.5) is 4.79 Å². The summed E-state index contributed by atoms with van der Waals surface area (Å²) in [6.45, 7) is 4.53. The second kappa shape index (κ2) is 7.24. The van der Waals surface area contributed by atoms with Gasteiger partial charge in [-0.1, -0.05) is 36.4 Å². The van der Waals surface area contributed by atoms with Crippen LogP contribution < -0.4 is 5.73 Å². The van der Waals surface area contributed by atoms with Crippen LogP contribution in [0.2, 0.25) is 0 Å². The normalized spacial score (nSPS) is 24.9. The Labute approximate surface area is 125 Å². The molecule has 0 aliphatic carbocycles. The van der Waals surface area contributed by atoms with Gasteiger partial charge in [0, 0.05) is 12.6 Å². The fourth-order valence-electron chi connectivity index (χ4n) is 2.26. The van der Waals surface area contributed by atoms with Crippen molar-refractivity contribution in [1.29, 1.82) is 0 Å². The highest BCUT2D eigenvalue weighted by Crippen LogP contribution is 2.19. The maximum atomic E-state index is 12.3. The monoisotopic (exact) mass is 290 g/mol. The lowest BCUT2D eigenvalue weighted by atomic mass is 10.0. The number of ether oxygens (including phenoxy) is 2. The molecule has 1 amide bonds. The summed E-state index contributed by atoms with van der Waals surface area (Å²) in [7, 11) is 0. The molecular formula is C16H22N2O3. The zero-order chi connectivity index (χ0) is 15.2. The Morgan fingerprint density at radius 2 is 2.00 bits per heavy atom. The van der Waals surface area contributed by atoms with Crippen LogP contribution in [0.15, 0.2) is 42.5 Å². The fraction of sp³-hybridized carbons (Fsp3) is 0.438. The van der Waals surface area contributed by atoms with E-state index in [0.29, 0.717) is 6.61 Å². The van der Waals surface area contributed by atoms with Crippen molar-refractivity contribution < 1.29 is 14.3 Å². The molecular weight excluding hydrogens is 268 g/mol. The standard InChI is InChI=1S/C16H22N2O3/c1-3-20-15-10-9-14(17)12(2)18(15)16(19)21-11-13-7-5-4-6-8-13/h4-10,12,14-15H,3,11,17H2,1-2H3/t12-,14-,15+/m1/s1. The number of rotatable bonds is 4. The first-order chi connectivity index (χ1) is 10.1. The molecule has 0 unspecified atom stereocenters. The van der Waals surface area contributed by atoms with Gasteiger partial charge in [-0.25, -0.2) is 4.79 Å². The summed E-state index contributed by atoms with van der Waals surface area (Å²) in [6.07, 6.45) is 2.84. The summed E-state index contributed by atoms with van der Waals surface area (Å²) in [5.74, 6) is 0. The zero-order valence-electron chi connectivity index (χ0n) is 12.4. The van der Waals surface area contributed by atoms with E-state index in [1.54, 1.807) is 11.0 Å². The van der Waals surface area contributed by atoms with Crippen molar-refractivity contribution in [3.63, 3.8) is 0 Å². The second-order valence-electron chi connectivity index (χ2n) is 5.00. The Morgan fingerprint density at radius 3 is 2.67 bits per heavy atom. The summed E-state index contributed by atoms with van der Waals surface area (Å²) >= 11 is 0. The molecule has 1 aromatic rings. The zero-order valence-corrected chi connectivity index (χ0v) is 12.4. The van der Waals surface area contributed by atoms with Gasteiger partial charge >= 0.3 is 6.09 Å². The Morgan fingerprint density at radius 1 is 1.29 bits per heavy atom. The summed E-state index contributed by atoms with van der Waals surface area (Å²) in [5, 5.41) is 0. The minimum atomic E-state index is -0.423. The van der Waals surface area contributed by atoms with Crippen LogP contribution in [-0.4, -0.2) is 35.9 Å². The van der Waals surface area contributed by atoms with Gasteiger partial charge in [0.1, 0.15) is 6.61 Å². The second-order valence-corrected chi connectivity index (χ2v) is 5.00. The molecule has 5 nitrogen and oxygen atoms in total. The van der Waals surface area contributed by atoms with Crippen molar-refractivity contribution >= 4 is 6.09 Å². The molecule has 5 heteroatoms. The Hall–Kier alpha value is -1.85. The molecule has 114 valence electrons. The van der Waals surface area contributed by atoms with Crippen molar-refractivity contribution in [1.82, 2.24) is 4.90 Å². The largest absolute Gasteiger partial charge is 0.444 e. The van der Waals surface area contributed by atoms with Gasteiger partial charge in [-0.15, -0.1) is 0 Å². The number of benzene rings is 1. The van der Waals surface area contributed by atoms with Crippen molar-refractivity contribution in [2.45, 2.75) is 38.8 Å². The minimum Gasteiger partial charge on any atom is -0.444 e.